The van der Waals surface area contributed by atoms with Crippen LogP contribution in [0.5, 0.6) is 0 Å². The molecular weight excluding hydrogens is 276 g/mol. The fraction of sp³-hybridized carbons (Fsp3) is 0.692. The van der Waals surface area contributed by atoms with Crippen LogP contribution in [0.3, 0.4) is 0 Å². The van der Waals surface area contributed by atoms with E-state index in [4.69, 9.17) is 17.5 Å². The molecule has 6 nitrogen and oxygen atoms in total. The van der Waals surface area contributed by atoms with Gasteiger partial charge in [0.1, 0.15) is 0 Å². The normalized spacial score (nSPS) is 18.4. The van der Waals surface area contributed by atoms with Gasteiger partial charge in [-0.3, -0.25) is 14.5 Å². The Morgan fingerprint density at radius 3 is 2.90 bits per heavy atom. The van der Waals surface area contributed by atoms with Crippen LogP contribution in [0.2, 0.25) is 0 Å². The summed E-state index contributed by atoms with van der Waals surface area (Å²) in [5.74, 6) is -0.0273. The highest BCUT2D eigenvalue weighted by Gasteiger charge is 2.32. The number of thiocarbonyl (C=S) groups is 1. The molecule has 2 amide bonds. The molecule has 1 aliphatic carbocycles. The van der Waals surface area contributed by atoms with Gasteiger partial charge in [-0.05, 0) is 25.1 Å². The standard InChI is InChI=1S/C13H18N4O2S/c14-6-1-8-16(10-2-3-10)12(19)5-9-17-11(18)4-7-15-13(17)20/h10H,1-5,7-9H2,(H,15,20). The minimum absolute atomic E-state index is 0.00363. The van der Waals surface area contributed by atoms with Crippen LogP contribution in [-0.2, 0) is 9.59 Å². The summed E-state index contributed by atoms with van der Waals surface area (Å²) in [6.07, 6.45) is 3.05. The molecule has 0 bridgehead atoms. The second-order valence-electron chi connectivity index (χ2n) is 5.00. The summed E-state index contributed by atoms with van der Waals surface area (Å²) in [4.78, 5) is 27.2. The Bertz CT molecular complexity index is 440. The lowest BCUT2D eigenvalue weighted by atomic mass is 10.2. The second-order valence-corrected chi connectivity index (χ2v) is 5.39. The third-order valence-electron chi connectivity index (χ3n) is 3.48. The lowest BCUT2D eigenvalue weighted by molar-refractivity contribution is -0.133. The van der Waals surface area contributed by atoms with E-state index < -0.39 is 0 Å². The third kappa shape index (κ3) is 3.67. The Morgan fingerprint density at radius 1 is 1.55 bits per heavy atom. The summed E-state index contributed by atoms with van der Waals surface area (Å²) in [6, 6.07) is 2.36. The zero-order chi connectivity index (χ0) is 14.5. The molecule has 7 heteroatoms. The number of carbonyl (C=O) groups is 2. The van der Waals surface area contributed by atoms with Crippen LogP contribution < -0.4 is 5.32 Å². The molecule has 2 rings (SSSR count). The Morgan fingerprint density at radius 2 is 2.30 bits per heavy atom. The molecule has 0 spiro atoms. The van der Waals surface area contributed by atoms with Crippen LogP contribution in [0.15, 0.2) is 0 Å². The van der Waals surface area contributed by atoms with Crippen LogP contribution in [0.4, 0.5) is 0 Å². The predicted octanol–water partition coefficient (Wildman–Crippen LogP) is 0.388. The van der Waals surface area contributed by atoms with Crippen molar-refractivity contribution < 1.29 is 9.59 Å². The second kappa shape index (κ2) is 6.66. The van der Waals surface area contributed by atoms with Crippen LogP contribution in [-0.4, -0.2) is 52.4 Å². The molecular formula is C13H18N4O2S. The summed E-state index contributed by atoms with van der Waals surface area (Å²) in [7, 11) is 0. The van der Waals surface area contributed by atoms with Gasteiger partial charge in [0.25, 0.3) is 0 Å². The van der Waals surface area contributed by atoms with E-state index in [0.717, 1.165) is 12.8 Å². The minimum Gasteiger partial charge on any atom is -0.362 e. The van der Waals surface area contributed by atoms with Crippen LogP contribution in [0.1, 0.15) is 32.1 Å². The number of amides is 2. The summed E-state index contributed by atoms with van der Waals surface area (Å²) in [5, 5.41) is 12.0. The van der Waals surface area contributed by atoms with Crippen molar-refractivity contribution in [1.82, 2.24) is 15.1 Å². The van der Waals surface area contributed by atoms with Gasteiger partial charge >= 0.3 is 0 Å². The molecule has 1 aliphatic heterocycles. The fourth-order valence-electron chi connectivity index (χ4n) is 2.26. The number of hydrogen-bond acceptors (Lipinski definition) is 4. The first kappa shape index (κ1) is 14.7. The van der Waals surface area contributed by atoms with Gasteiger partial charge in [0, 0.05) is 38.5 Å². The Labute approximate surface area is 123 Å². The summed E-state index contributed by atoms with van der Waals surface area (Å²) in [5.41, 5.74) is 0. The van der Waals surface area contributed by atoms with Gasteiger partial charge < -0.3 is 10.2 Å². The van der Waals surface area contributed by atoms with Gasteiger partial charge in [0.05, 0.1) is 12.5 Å². The lowest BCUT2D eigenvalue weighted by Crippen LogP contribution is -2.50. The van der Waals surface area contributed by atoms with Crippen molar-refractivity contribution in [3.05, 3.63) is 0 Å². The number of nitriles is 1. The average Bonchev–Trinajstić information content (AvgIpc) is 3.23. The molecule has 0 atom stereocenters. The third-order valence-corrected chi connectivity index (χ3v) is 3.85. The van der Waals surface area contributed by atoms with Crippen molar-refractivity contribution in [2.45, 2.75) is 38.1 Å². The molecule has 1 saturated heterocycles. The number of hydrogen-bond donors (Lipinski definition) is 1. The first-order valence-corrected chi connectivity index (χ1v) is 7.29. The average molecular weight is 294 g/mol. The number of carbonyl (C=O) groups excluding carboxylic acids is 2. The molecule has 0 radical (unpaired) electrons. The number of rotatable bonds is 6. The van der Waals surface area contributed by atoms with Crippen molar-refractivity contribution in [3.8, 4) is 6.07 Å². The summed E-state index contributed by atoms with van der Waals surface area (Å²) in [6.45, 7) is 1.37. The van der Waals surface area contributed by atoms with Crippen LogP contribution in [0.25, 0.3) is 0 Å². The molecule has 108 valence electrons. The van der Waals surface area contributed by atoms with E-state index in [-0.39, 0.29) is 24.3 Å². The number of nitrogens with one attached hydrogen (secondary N) is 1. The van der Waals surface area contributed by atoms with E-state index in [1.54, 1.807) is 4.90 Å². The van der Waals surface area contributed by atoms with Gasteiger partial charge in [0.2, 0.25) is 11.8 Å². The summed E-state index contributed by atoms with van der Waals surface area (Å²) < 4.78 is 0. The lowest BCUT2D eigenvalue weighted by Gasteiger charge is -2.29. The molecule has 0 aromatic carbocycles. The van der Waals surface area contributed by atoms with E-state index in [2.05, 4.69) is 11.4 Å². The van der Waals surface area contributed by atoms with E-state index in [0.29, 0.717) is 37.6 Å². The monoisotopic (exact) mass is 294 g/mol. The molecule has 1 N–H and O–H groups in total. The fourth-order valence-corrected chi connectivity index (χ4v) is 2.56. The zero-order valence-corrected chi connectivity index (χ0v) is 12.1. The van der Waals surface area contributed by atoms with Crippen molar-refractivity contribution in [3.63, 3.8) is 0 Å². The van der Waals surface area contributed by atoms with Crippen molar-refractivity contribution in [1.29, 1.82) is 5.26 Å². The molecule has 1 heterocycles. The minimum atomic E-state index is -0.0310. The predicted molar refractivity (Wildman–Crippen MR) is 76.5 cm³/mol. The maximum absolute atomic E-state index is 12.2. The SMILES string of the molecule is N#CCCN(C(=O)CCN1C(=O)CCNC1=S)C1CC1. The van der Waals surface area contributed by atoms with Gasteiger partial charge in [-0.25, -0.2) is 0 Å². The molecule has 2 aliphatic rings. The maximum Gasteiger partial charge on any atom is 0.230 e. The van der Waals surface area contributed by atoms with Gasteiger partial charge in [-0.1, -0.05) is 0 Å². The van der Waals surface area contributed by atoms with Crippen molar-refractivity contribution in [2.75, 3.05) is 19.6 Å². The summed E-state index contributed by atoms with van der Waals surface area (Å²) >= 11 is 5.08. The first-order chi connectivity index (χ1) is 9.63. The largest absolute Gasteiger partial charge is 0.362 e. The van der Waals surface area contributed by atoms with Gasteiger partial charge in [0.15, 0.2) is 5.11 Å². The van der Waals surface area contributed by atoms with E-state index in [1.165, 1.54) is 4.90 Å². The molecule has 0 aromatic rings. The quantitative estimate of drug-likeness (QED) is 0.717. The Kier molecular flexibility index (Phi) is 4.90. The molecule has 2 fully saturated rings. The van der Waals surface area contributed by atoms with Crippen LogP contribution in [0, 0.1) is 11.3 Å². The van der Waals surface area contributed by atoms with Crippen molar-refractivity contribution >= 4 is 29.1 Å². The van der Waals surface area contributed by atoms with E-state index in [1.807, 2.05) is 0 Å². The van der Waals surface area contributed by atoms with E-state index in [9.17, 15) is 9.59 Å². The topological polar surface area (TPSA) is 76.4 Å². The molecule has 0 unspecified atom stereocenters. The Balaban J connectivity index is 1.85. The van der Waals surface area contributed by atoms with Crippen molar-refractivity contribution in [2.24, 2.45) is 0 Å². The molecule has 1 saturated carbocycles. The Hall–Kier alpha value is -1.68. The smallest absolute Gasteiger partial charge is 0.230 e. The van der Waals surface area contributed by atoms with Gasteiger partial charge in [-0.15, -0.1) is 0 Å². The number of nitrogens with zero attached hydrogens (tertiary/aromatic N) is 3. The highest BCUT2D eigenvalue weighted by molar-refractivity contribution is 7.80. The molecule has 0 aromatic heterocycles. The first-order valence-electron chi connectivity index (χ1n) is 6.88. The van der Waals surface area contributed by atoms with Crippen LogP contribution >= 0.6 is 12.2 Å². The highest BCUT2D eigenvalue weighted by Crippen LogP contribution is 2.27. The maximum atomic E-state index is 12.2. The van der Waals surface area contributed by atoms with Gasteiger partial charge in [-0.2, -0.15) is 5.26 Å². The zero-order valence-electron chi connectivity index (χ0n) is 11.3. The highest BCUT2D eigenvalue weighted by atomic mass is 32.1. The molecule has 20 heavy (non-hydrogen) atoms. The van der Waals surface area contributed by atoms with E-state index >= 15 is 0 Å².